The van der Waals surface area contributed by atoms with Crippen LogP contribution in [0.4, 0.5) is 4.39 Å². The fourth-order valence-corrected chi connectivity index (χ4v) is 3.27. The van der Waals surface area contributed by atoms with E-state index in [2.05, 4.69) is 0 Å². The van der Waals surface area contributed by atoms with Crippen molar-refractivity contribution in [1.29, 1.82) is 0 Å². The van der Waals surface area contributed by atoms with Gasteiger partial charge in [-0.25, -0.2) is 12.8 Å². The molecule has 0 unspecified atom stereocenters. The van der Waals surface area contributed by atoms with Crippen LogP contribution in [0.1, 0.15) is 5.56 Å². The van der Waals surface area contributed by atoms with Crippen molar-refractivity contribution in [2.24, 2.45) is 0 Å². The Morgan fingerprint density at radius 2 is 1.62 bits per heavy atom. The van der Waals surface area contributed by atoms with Gasteiger partial charge in [-0.1, -0.05) is 35.3 Å². The monoisotopic (exact) mass is 347 g/mol. The van der Waals surface area contributed by atoms with E-state index in [4.69, 9.17) is 23.2 Å². The molecule has 0 saturated carbocycles. The molecule has 0 N–H and O–H groups in total. The van der Waals surface area contributed by atoms with Crippen molar-refractivity contribution in [3.8, 4) is 0 Å². The van der Waals surface area contributed by atoms with E-state index in [0.717, 1.165) is 22.0 Å². The number of sulfonamides is 1. The summed E-state index contributed by atoms with van der Waals surface area (Å²) in [6, 6.07) is 10.2. The number of hydrogen-bond acceptors (Lipinski definition) is 2. The molecule has 0 atom stereocenters. The van der Waals surface area contributed by atoms with Crippen molar-refractivity contribution >= 4 is 33.2 Å². The Morgan fingerprint density at radius 3 is 2.19 bits per heavy atom. The van der Waals surface area contributed by atoms with Gasteiger partial charge in [0.05, 0.1) is 0 Å². The lowest BCUT2D eigenvalue weighted by molar-refractivity contribution is 0.460. The fraction of sp³-hybridized carbons (Fsp3) is 0.143. The van der Waals surface area contributed by atoms with Crippen LogP contribution in [-0.4, -0.2) is 19.8 Å². The minimum Gasteiger partial charge on any atom is -0.207 e. The van der Waals surface area contributed by atoms with E-state index < -0.39 is 20.7 Å². The Morgan fingerprint density at radius 1 is 1.05 bits per heavy atom. The molecule has 0 spiro atoms. The van der Waals surface area contributed by atoms with Gasteiger partial charge in [-0.15, -0.1) is 0 Å². The molecule has 7 heteroatoms. The summed E-state index contributed by atoms with van der Waals surface area (Å²) >= 11 is 11.4. The van der Waals surface area contributed by atoms with Crippen molar-refractivity contribution in [3.63, 3.8) is 0 Å². The van der Waals surface area contributed by atoms with Gasteiger partial charge in [0.25, 0.3) is 0 Å². The van der Waals surface area contributed by atoms with Crippen molar-refractivity contribution in [3.05, 3.63) is 63.9 Å². The van der Waals surface area contributed by atoms with Gasteiger partial charge in [0, 0.05) is 23.6 Å². The molecule has 0 radical (unpaired) electrons. The van der Waals surface area contributed by atoms with Crippen LogP contribution in [0.3, 0.4) is 0 Å². The molecule has 0 aromatic heterocycles. The van der Waals surface area contributed by atoms with Crippen molar-refractivity contribution in [2.45, 2.75) is 11.4 Å². The molecule has 0 aliphatic rings. The van der Waals surface area contributed by atoms with E-state index in [0.29, 0.717) is 5.02 Å². The third-order valence-corrected chi connectivity index (χ3v) is 5.22. The van der Waals surface area contributed by atoms with Crippen molar-refractivity contribution in [2.75, 3.05) is 7.05 Å². The highest BCUT2D eigenvalue weighted by atomic mass is 35.5. The minimum atomic E-state index is -3.93. The zero-order valence-corrected chi connectivity index (χ0v) is 13.4. The third-order valence-electron chi connectivity index (χ3n) is 2.90. The van der Waals surface area contributed by atoms with Gasteiger partial charge in [-0.05, 0) is 35.9 Å². The smallest absolute Gasteiger partial charge is 0.207 e. The van der Waals surface area contributed by atoms with E-state index in [1.165, 1.54) is 13.1 Å². The lowest BCUT2D eigenvalue weighted by Crippen LogP contribution is -2.27. The summed E-state index contributed by atoms with van der Waals surface area (Å²) in [7, 11) is -2.54. The zero-order chi connectivity index (χ0) is 15.6. The van der Waals surface area contributed by atoms with Crippen LogP contribution in [0.5, 0.6) is 0 Å². The highest BCUT2D eigenvalue weighted by molar-refractivity contribution is 7.89. The van der Waals surface area contributed by atoms with Crippen LogP contribution in [0.2, 0.25) is 10.0 Å². The highest BCUT2D eigenvalue weighted by Gasteiger charge is 2.24. The molecule has 0 fully saturated rings. The van der Waals surface area contributed by atoms with Crippen LogP contribution in [-0.2, 0) is 16.6 Å². The Bertz CT molecular complexity index is 748. The number of benzene rings is 2. The largest absolute Gasteiger partial charge is 0.246 e. The molecule has 2 rings (SSSR count). The standard InChI is InChI=1S/C14H12Cl2FNO2S/c1-18(9-10-2-4-11(15)5-3-10)21(19,20)14-7-6-12(16)8-13(14)17/h2-8H,9H2,1H3. The zero-order valence-electron chi connectivity index (χ0n) is 11.1. The summed E-state index contributed by atoms with van der Waals surface area (Å²) in [6.45, 7) is 0.113. The van der Waals surface area contributed by atoms with Gasteiger partial charge in [0.2, 0.25) is 10.0 Å². The Hall–Kier alpha value is -1.14. The van der Waals surface area contributed by atoms with Gasteiger partial charge >= 0.3 is 0 Å². The molecule has 2 aromatic carbocycles. The van der Waals surface area contributed by atoms with Crippen LogP contribution >= 0.6 is 23.2 Å². The number of hydrogen-bond donors (Lipinski definition) is 0. The first-order chi connectivity index (χ1) is 9.80. The summed E-state index contributed by atoms with van der Waals surface area (Å²) < 4.78 is 39.6. The SMILES string of the molecule is CN(Cc1ccc(Cl)cc1)S(=O)(=O)c1ccc(Cl)cc1F. The second-order valence-electron chi connectivity index (χ2n) is 4.46. The first kappa shape index (κ1) is 16.2. The van der Waals surface area contributed by atoms with E-state index in [9.17, 15) is 12.8 Å². The van der Waals surface area contributed by atoms with Crippen LogP contribution in [0.25, 0.3) is 0 Å². The molecule has 0 amide bonds. The fourth-order valence-electron chi connectivity index (χ4n) is 1.78. The summed E-state index contributed by atoms with van der Waals surface area (Å²) in [5.41, 5.74) is 0.750. The van der Waals surface area contributed by atoms with Gasteiger partial charge in [-0.2, -0.15) is 4.31 Å². The Labute approximate surface area is 133 Å². The summed E-state index contributed by atoms with van der Waals surface area (Å²) in [6.07, 6.45) is 0. The molecule has 0 aliphatic carbocycles. The molecule has 0 aliphatic heterocycles. The van der Waals surface area contributed by atoms with Gasteiger partial charge in [0.15, 0.2) is 0 Å². The predicted molar refractivity (Wildman–Crippen MR) is 81.5 cm³/mol. The van der Waals surface area contributed by atoms with Crippen molar-refractivity contribution < 1.29 is 12.8 Å². The Balaban J connectivity index is 2.28. The van der Waals surface area contributed by atoms with E-state index >= 15 is 0 Å². The third kappa shape index (κ3) is 3.74. The quantitative estimate of drug-likeness (QED) is 0.839. The first-order valence-electron chi connectivity index (χ1n) is 5.96. The van der Waals surface area contributed by atoms with E-state index in [1.807, 2.05) is 0 Å². The molecule has 2 aromatic rings. The summed E-state index contributed by atoms with van der Waals surface area (Å²) in [4.78, 5) is -0.400. The molecule has 112 valence electrons. The first-order valence-corrected chi connectivity index (χ1v) is 8.16. The number of halogens is 3. The molecule has 0 saturated heterocycles. The molecule has 0 heterocycles. The van der Waals surface area contributed by atoms with Crippen molar-refractivity contribution in [1.82, 2.24) is 4.31 Å². The topological polar surface area (TPSA) is 37.4 Å². The van der Waals surface area contributed by atoms with Gasteiger partial charge < -0.3 is 0 Å². The normalized spacial score (nSPS) is 11.9. The lowest BCUT2D eigenvalue weighted by atomic mass is 10.2. The minimum absolute atomic E-state index is 0.113. The maximum atomic E-state index is 13.8. The number of nitrogens with zero attached hydrogens (tertiary/aromatic N) is 1. The molecule has 3 nitrogen and oxygen atoms in total. The summed E-state index contributed by atoms with van der Waals surface area (Å²) in [5, 5.41) is 0.708. The summed E-state index contributed by atoms with van der Waals surface area (Å²) in [5.74, 6) is -0.870. The second kappa shape index (κ2) is 6.32. The van der Waals surface area contributed by atoms with Crippen LogP contribution < -0.4 is 0 Å². The highest BCUT2D eigenvalue weighted by Crippen LogP contribution is 2.23. The Kier molecular flexibility index (Phi) is 4.88. The maximum absolute atomic E-state index is 13.8. The number of rotatable bonds is 4. The molecule has 21 heavy (non-hydrogen) atoms. The molecular formula is C14H12Cl2FNO2S. The average Bonchev–Trinajstić information content (AvgIpc) is 2.40. The molecule has 0 bridgehead atoms. The van der Waals surface area contributed by atoms with Gasteiger partial charge in [-0.3, -0.25) is 0 Å². The van der Waals surface area contributed by atoms with Gasteiger partial charge in [0.1, 0.15) is 10.7 Å². The molecular weight excluding hydrogens is 336 g/mol. The maximum Gasteiger partial charge on any atom is 0.246 e. The van der Waals surface area contributed by atoms with Crippen LogP contribution in [0.15, 0.2) is 47.4 Å². The van der Waals surface area contributed by atoms with E-state index in [-0.39, 0.29) is 11.6 Å². The second-order valence-corrected chi connectivity index (χ2v) is 7.35. The van der Waals surface area contributed by atoms with E-state index in [1.54, 1.807) is 24.3 Å². The van der Waals surface area contributed by atoms with Crippen LogP contribution in [0, 0.1) is 5.82 Å². The average molecular weight is 348 g/mol. The lowest BCUT2D eigenvalue weighted by Gasteiger charge is -2.17. The predicted octanol–water partition coefficient (Wildman–Crippen LogP) is 3.95.